The largest absolute Gasteiger partial charge is 0.497 e. The van der Waals surface area contributed by atoms with E-state index >= 15 is 0 Å². The summed E-state index contributed by atoms with van der Waals surface area (Å²) in [6.45, 7) is 1.07. The van der Waals surface area contributed by atoms with Crippen molar-refractivity contribution in [2.45, 2.75) is 18.8 Å². The summed E-state index contributed by atoms with van der Waals surface area (Å²) in [4.78, 5) is 14.9. The Bertz CT molecular complexity index is 1030. The summed E-state index contributed by atoms with van der Waals surface area (Å²) in [7, 11) is 1.58. The van der Waals surface area contributed by atoms with Gasteiger partial charge in [0.1, 0.15) is 5.75 Å². The number of hydrogen-bond donors (Lipinski definition) is 0. The van der Waals surface area contributed by atoms with E-state index in [0.29, 0.717) is 18.8 Å². The molecule has 0 bridgehead atoms. The van der Waals surface area contributed by atoms with E-state index in [0.717, 1.165) is 23.4 Å². The number of rotatable bonds is 3. The van der Waals surface area contributed by atoms with Crippen LogP contribution < -0.4 is 4.74 Å². The SMILES string of the molecule is COc1cccc(C2c3cccn3CCN2C(=O)c2ccc(C(F)(F)F)cc2)c1. The van der Waals surface area contributed by atoms with Crippen LogP contribution >= 0.6 is 0 Å². The molecule has 29 heavy (non-hydrogen) atoms. The monoisotopic (exact) mass is 400 g/mol. The molecule has 1 unspecified atom stereocenters. The van der Waals surface area contributed by atoms with Crippen molar-refractivity contribution in [3.63, 3.8) is 0 Å². The Morgan fingerprint density at radius 3 is 2.48 bits per heavy atom. The van der Waals surface area contributed by atoms with Crippen LogP contribution in [0, 0.1) is 0 Å². The highest BCUT2D eigenvalue weighted by molar-refractivity contribution is 5.95. The van der Waals surface area contributed by atoms with Gasteiger partial charge in [-0.25, -0.2) is 0 Å². The maximum absolute atomic E-state index is 13.2. The van der Waals surface area contributed by atoms with Crippen LogP contribution in [0.1, 0.15) is 33.2 Å². The van der Waals surface area contributed by atoms with Gasteiger partial charge in [-0.3, -0.25) is 4.79 Å². The van der Waals surface area contributed by atoms with E-state index in [-0.39, 0.29) is 17.5 Å². The number of nitrogens with zero attached hydrogens (tertiary/aromatic N) is 2. The average molecular weight is 400 g/mol. The first-order valence-corrected chi connectivity index (χ1v) is 9.15. The van der Waals surface area contributed by atoms with E-state index in [4.69, 9.17) is 4.74 Å². The first-order valence-electron chi connectivity index (χ1n) is 9.15. The van der Waals surface area contributed by atoms with Gasteiger partial charge in [-0.2, -0.15) is 13.2 Å². The maximum Gasteiger partial charge on any atom is 0.416 e. The molecule has 0 saturated carbocycles. The number of ether oxygens (including phenoxy) is 1. The minimum Gasteiger partial charge on any atom is -0.497 e. The lowest BCUT2D eigenvalue weighted by molar-refractivity contribution is -0.137. The summed E-state index contributed by atoms with van der Waals surface area (Å²) < 4.78 is 46.0. The van der Waals surface area contributed by atoms with Crippen LogP contribution in [0.3, 0.4) is 0 Å². The highest BCUT2D eigenvalue weighted by atomic mass is 19.4. The second-order valence-electron chi connectivity index (χ2n) is 6.88. The molecule has 0 spiro atoms. The number of carbonyl (C=O) groups is 1. The molecule has 0 fully saturated rings. The molecule has 0 saturated heterocycles. The number of aromatic nitrogens is 1. The number of hydrogen-bond acceptors (Lipinski definition) is 2. The van der Waals surface area contributed by atoms with E-state index in [1.165, 1.54) is 12.1 Å². The molecule has 2 aromatic carbocycles. The van der Waals surface area contributed by atoms with Crippen molar-refractivity contribution in [2.75, 3.05) is 13.7 Å². The number of fused-ring (bicyclic) bond motifs is 1. The van der Waals surface area contributed by atoms with Crippen LogP contribution in [-0.4, -0.2) is 29.0 Å². The van der Waals surface area contributed by atoms with E-state index in [9.17, 15) is 18.0 Å². The Morgan fingerprint density at radius 2 is 1.79 bits per heavy atom. The summed E-state index contributed by atoms with van der Waals surface area (Å²) in [5, 5.41) is 0. The number of benzene rings is 2. The van der Waals surface area contributed by atoms with Gasteiger partial charge in [-0.05, 0) is 54.1 Å². The highest BCUT2D eigenvalue weighted by Gasteiger charge is 2.34. The fourth-order valence-corrected chi connectivity index (χ4v) is 3.73. The third kappa shape index (κ3) is 3.60. The molecule has 2 heterocycles. The Labute approximate surface area is 166 Å². The number of alkyl halides is 3. The predicted molar refractivity (Wildman–Crippen MR) is 102 cm³/mol. The molecular formula is C22H19F3N2O2. The van der Waals surface area contributed by atoms with Gasteiger partial charge >= 0.3 is 6.18 Å². The standard InChI is InChI=1S/C22H19F3N2O2/c1-29-18-5-2-4-16(14-18)20-19-6-3-11-26(19)12-13-27(20)21(28)15-7-9-17(10-8-15)22(23,24)25/h2-11,14,20H,12-13H2,1H3. The van der Waals surface area contributed by atoms with E-state index < -0.39 is 11.7 Å². The number of halogens is 3. The number of carbonyl (C=O) groups excluding carboxylic acids is 1. The van der Waals surface area contributed by atoms with Crippen molar-refractivity contribution < 1.29 is 22.7 Å². The summed E-state index contributed by atoms with van der Waals surface area (Å²) in [6.07, 6.45) is -2.47. The van der Waals surface area contributed by atoms with Gasteiger partial charge < -0.3 is 14.2 Å². The predicted octanol–water partition coefficient (Wildman–Crippen LogP) is 4.76. The van der Waals surface area contributed by atoms with Gasteiger partial charge in [0.05, 0.1) is 18.7 Å². The molecule has 0 N–H and O–H groups in total. The van der Waals surface area contributed by atoms with Crippen molar-refractivity contribution in [1.29, 1.82) is 0 Å². The summed E-state index contributed by atoms with van der Waals surface area (Å²) in [5.74, 6) is 0.368. The number of amides is 1. The lowest BCUT2D eigenvalue weighted by atomic mass is 9.98. The molecule has 0 aliphatic carbocycles. The normalized spacial score (nSPS) is 16.4. The molecule has 0 radical (unpaired) electrons. The Kier molecular flexibility index (Phi) is 4.82. The van der Waals surface area contributed by atoms with Gasteiger partial charge in [0.15, 0.2) is 0 Å². The Balaban J connectivity index is 1.72. The smallest absolute Gasteiger partial charge is 0.416 e. The molecule has 1 atom stereocenters. The molecule has 1 amide bonds. The van der Waals surface area contributed by atoms with Gasteiger partial charge in [0.25, 0.3) is 5.91 Å². The molecule has 4 rings (SSSR count). The van der Waals surface area contributed by atoms with Crippen LogP contribution in [0.4, 0.5) is 13.2 Å². The lowest BCUT2D eigenvalue weighted by Gasteiger charge is -2.37. The fourth-order valence-electron chi connectivity index (χ4n) is 3.73. The quantitative estimate of drug-likeness (QED) is 0.635. The van der Waals surface area contributed by atoms with E-state index in [2.05, 4.69) is 4.57 Å². The Morgan fingerprint density at radius 1 is 1.03 bits per heavy atom. The lowest BCUT2D eigenvalue weighted by Crippen LogP contribution is -2.42. The van der Waals surface area contributed by atoms with Crippen LogP contribution in [0.5, 0.6) is 5.75 Å². The van der Waals surface area contributed by atoms with Crippen LogP contribution in [0.2, 0.25) is 0 Å². The summed E-state index contributed by atoms with van der Waals surface area (Å²) in [6, 6.07) is 15.4. The van der Waals surface area contributed by atoms with Crippen LogP contribution in [0.25, 0.3) is 0 Å². The average Bonchev–Trinajstić information content (AvgIpc) is 3.21. The first-order chi connectivity index (χ1) is 13.9. The van der Waals surface area contributed by atoms with Gasteiger partial charge in [0.2, 0.25) is 0 Å². The molecule has 1 aliphatic rings. The third-order valence-electron chi connectivity index (χ3n) is 5.17. The second kappa shape index (κ2) is 7.31. The van der Waals surface area contributed by atoms with Gasteiger partial charge in [-0.15, -0.1) is 0 Å². The first kappa shape index (κ1) is 19.1. The zero-order chi connectivity index (χ0) is 20.6. The molecule has 7 heteroatoms. The summed E-state index contributed by atoms with van der Waals surface area (Å²) in [5.41, 5.74) is 1.28. The van der Waals surface area contributed by atoms with Gasteiger partial charge in [0, 0.05) is 30.5 Å². The zero-order valence-corrected chi connectivity index (χ0v) is 15.7. The van der Waals surface area contributed by atoms with Crippen molar-refractivity contribution in [3.05, 3.63) is 89.2 Å². The minimum absolute atomic E-state index is 0.228. The van der Waals surface area contributed by atoms with Crippen molar-refractivity contribution in [1.82, 2.24) is 9.47 Å². The van der Waals surface area contributed by atoms with Crippen LogP contribution in [-0.2, 0) is 12.7 Å². The van der Waals surface area contributed by atoms with Crippen molar-refractivity contribution >= 4 is 5.91 Å². The molecule has 4 nitrogen and oxygen atoms in total. The van der Waals surface area contributed by atoms with Crippen LogP contribution in [0.15, 0.2) is 66.9 Å². The number of methoxy groups -OCH3 is 1. The molecular weight excluding hydrogens is 381 g/mol. The second-order valence-corrected chi connectivity index (χ2v) is 6.88. The maximum atomic E-state index is 13.2. The topological polar surface area (TPSA) is 34.5 Å². The molecule has 1 aromatic heterocycles. The van der Waals surface area contributed by atoms with Crippen molar-refractivity contribution in [2.24, 2.45) is 0 Å². The summed E-state index contributed by atoms with van der Waals surface area (Å²) >= 11 is 0. The molecule has 150 valence electrons. The highest BCUT2D eigenvalue weighted by Crippen LogP contribution is 2.35. The molecule has 3 aromatic rings. The molecule has 1 aliphatic heterocycles. The van der Waals surface area contributed by atoms with Gasteiger partial charge in [-0.1, -0.05) is 12.1 Å². The Hall–Kier alpha value is -3.22. The third-order valence-corrected chi connectivity index (χ3v) is 5.17. The zero-order valence-electron chi connectivity index (χ0n) is 15.7. The fraction of sp³-hybridized carbons (Fsp3) is 0.227. The minimum atomic E-state index is -4.43. The van der Waals surface area contributed by atoms with E-state index in [1.807, 2.05) is 42.6 Å². The van der Waals surface area contributed by atoms with E-state index in [1.54, 1.807) is 12.0 Å². The van der Waals surface area contributed by atoms with Crippen molar-refractivity contribution in [3.8, 4) is 5.75 Å².